The lowest BCUT2D eigenvalue weighted by molar-refractivity contribution is -0.121. The van der Waals surface area contributed by atoms with Gasteiger partial charge in [-0.15, -0.1) is 0 Å². The number of hydrogen-bond donors (Lipinski definition) is 2. The van der Waals surface area contributed by atoms with Crippen LogP contribution in [-0.2, 0) is 4.79 Å². The minimum absolute atomic E-state index is 0.150. The molecule has 0 saturated heterocycles. The maximum Gasteiger partial charge on any atom is 0.220 e. The van der Waals surface area contributed by atoms with Crippen molar-refractivity contribution in [1.29, 1.82) is 0 Å². The number of amides is 1. The predicted octanol–water partition coefficient (Wildman–Crippen LogP) is 0.595. The molecule has 0 atom stereocenters. The molecule has 0 rings (SSSR count). The van der Waals surface area contributed by atoms with Crippen molar-refractivity contribution in [3.8, 4) is 0 Å². The molecule has 1 amide bonds. The molecule has 0 aromatic rings. The maximum atomic E-state index is 11.0. The van der Waals surface area contributed by atoms with E-state index in [9.17, 15) is 4.79 Å². The van der Waals surface area contributed by atoms with Gasteiger partial charge in [0.1, 0.15) is 0 Å². The molecule has 3 N–H and O–H groups in total. The molecule has 0 bridgehead atoms. The SMILES string of the molecule is CSCCNC(=O)CCCCN. The lowest BCUT2D eigenvalue weighted by Gasteiger charge is -2.02. The highest BCUT2D eigenvalue weighted by molar-refractivity contribution is 7.98. The molecule has 0 spiro atoms. The van der Waals surface area contributed by atoms with Crippen LogP contribution in [0.1, 0.15) is 19.3 Å². The Hall–Kier alpha value is -0.220. The maximum absolute atomic E-state index is 11.0. The zero-order valence-corrected chi connectivity index (χ0v) is 8.45. The van der Waals surface area contributed by atoms with E-state index in [1.54, 1.807) is 11.8 Å². The summed E-state index contributed by atoms with van der Waals surface area (Å²) in [5, 5.41) is 2.84. The molecule has 0 fully saturated rings. The number of nitrogens with one attached hydrogen (secondary N) is 1. The Kier molecular flexibility index (Phi) is 8.71. The third kappa shape index (κ3) is 7.88. The molecule has 0 aliphatic carbocycles. The lowest BCUT2D eigenvalue weighted by Crippen LogP contribution is -2.25. The first kappa shape index (κ1) is 11.8. The summed E-state index contributed by atoms with van der Waals surface area (Å²) in [4.78, 5) is 11.0. The molecule has 0 aromatic carbocycles. The second-order valence-electron chi connectivity index (χ2n) is 2.59. The van der Waals surface area contributed by atoms with E-state index in [-0.39, 0.29) is 5.91 Å². The zero-order chi connectivity index (χ0) is 9.23. The highest BCUT2D eigenvalue weighted by atomic mass is 32.2. The van der Waals surface area contributed by atoms with Crippen molar-refractivity contribution in [3.63, 3.8) is 0 Å². The van der Waals surface area contributed by atoms with Crippen molar-refractivity contribution in [1.82, 2.24) is 5.32 Å². The fraction of sp³-hybridized carbons (Fsp3) is 0.875. The highest BCUT2D eigenvalue weighted by Gasteiger charge is 1.98. The van der Waals surface area contributed by atoms with Gasteiger partial charge in [0.15, 0.2) is 0 Å². The summed E-state index contributed by atoms with van der Waals surface area (Å²) in [6, 6.07) is 0. The number of carbonyl (C=O) groups is 1. The van der Waals surface area contributed by atoms with Crippen molar-refractivity contribution < 1.29 is 4.79 Å². The molecule has 0 aliphatic heterocycles. The summed E-state index contributed by atoms with van der Waals surface area (Å²) in [5.74, 6) is 1.14. The molecule has 0 heterocycles. The van der Waals surface area contributed by atoms with Crippen LogP contribution in [0.4, 0.5) is 0 Å². The van der Waals surface area contributed by atoms with E-state index in [1.165, 1.54) is 0 Å². The van der Waals surface area contributed by atoms with Crippen molar-refractivity contribution in [2.45, 2.75) is 19.3 Å². The normalized spacial score (nSPS) is 9.83. The standard InChI is InChI=1S/C8H18N2OS/c1-12-7-6-10-8(11)4-2-3-5-9/h2-7,9H2,1H3,(H,10,11). The second-order valence-corrected chi connectivity index (χ2v) is 3.57. The van der Waals surface area contributed by atoms with Gasteiger partial charge >= 0.3 is 0 Å². The Balaban J connectivity index is 3.10. The number of unbranched alkanes of at least 4 members (excludes halogenated alkanes) is 1. The predicted molar refractivity (Wildman–Crippen MR) is 54.3 cm³/mol. The number of hydrogen-bond acceptors (Lipinski definition) is 3. The first-order valence-corrected chi connectivity index (χ1v) is 5.66. The fourth-order valence-electron chi connectivity index (χ4n) is 0.811. The molecular weight excluding hydrogens is 172 g/mol. The number of carbonyl (C=O) groups excluding carboxylic acids is 1. The van der Waals surface area contributed by atoms with Gasteiger partial charge in [-0.1, -0.05) is 0 Å². The fourth-order valence-corrected chi connectivity index (χ4v) is 1.12. The molecule has 0 radical (unpaired) electrons. The molecule has 0 unspecified atom stereocenters. The van der Waals surface area contributed by atoms with E-state index in [2.05, 4.69) is 5.32 Å². The van der Waals surface area contributed by atoms with Crippen LogP contribution in [-0.4, -0.2) is 31.0 Å². The van der Waals surface area contributed by atoms with Gasteiger partial charge in [0.2, 0.25) is 5.91 Å². The average Bonchev–Trinajstić information content (AvgIpc) is 2.06. The quantitative estimate of drug-likeness (QED) is 0.578. The van der Waals surface area contributed by atoms with Gasteiger partial charge in [-0.25, -0.2) is 0 Å². The van der Waals surface area contributed by atoms with Crippen molar-refractivity contribution in [2.75, 3.05) is 25.1 Å². The summed E-state index contributed by atoms with van der Waals surface area (Å²) < 4.78 is 0. The molecule has 72 valence electrons. The summed E-state index contributed by atoms with van der Waals surface area (Å²) in [7, 11) is 0. The van der Waals surface area contributed by atoms with E-state index < -0.39 is 0 Å². The lowest BCUT2D eigenvalue weighted by atomic mass is 10.2. The van der Waals surface area contributed by atoms with Crippen molar-refractivity contribution >= 4 is 17.7 Å². The molecule has 3 nitrogen and oxygen atoms in total. The first-order chi connectivity index (χ1) is 5.81. The van der Waals surface area contributed by atoms with Gasteiger partial charge in [0.25, 0.3) is 0 Å². The third-order valence-electron chi connectivity index (χ3n) is 1.49. The smallest absolute Gasteiger partial charge is 0.220 e. The number of nitrogens with two attached hydrogens (primary N) is 1. The summed E-state index contributed by atoms with van der Waals surface area (Å²) in [5.41, 5.74) is 5.30. The minimum Gasteiger partial charge on any atom is -0.355 e. The van der Waals surface area contributed by atoms with Gasteiger partial charge < -0.3 is 11.1 Å². The Morgan fingerprint density at radius 3 is 2.83 bits per heavy atom. The van der Waals surface area contributed by atoms with Crippen molar-refractivity contribution in [2.24, 2.45) is 5.73 Å². The number of rotatable bonds is 7. The van der Waals surface area contributed by atoms with Gasteiger partial charge in [0, 0.05) is 18.7 Å². The van der Waals surface area contributed by atoms with E-state index in [4.69, 9.17) is 5.73 Å². The number of thioether (sulfide) groups is 1. The Bertz CT molecular complexity index is 108. The topological polar surface area (TPSA) is 55.1 Å². The van der Waals surface area contributed by atoms with Crippen LogP contribution >= 0.6 is 11.8 Å². The molecule has 12 heavy (non-hydrogen) atoms. The largest absolute Gasteiger partial charge is 0.355 e. The summed E-state index contributed by atoms with van der Waals surface area (Å²) in [6.07, 6.45) is 4.49. The summed E-state index contributed by atoms with van der Waals surface area (Å²) in [6.45, 7) is 1.46. The molecule has 0 aliphatic rings. The van der Waals surface area contributed by atoms with Crippen LogP contribution < -0.4 is 11.1 Å². The molecule has 0 aromatic heterocycles. The van der Waals surface area contributed by atoms with Crippen LogP contribution in [0, 0.1) is 0 Å². The Morgan fingerprint density at radius 2 is 2.25 bits per heavy atom. The minimum atomic E-state index is 0.150. The van der Waals surface area contributed by atoms with Crippen LogP contribution in [0.25, 0.3) is 0 Å². The van der Waals surface area contributed by atoms with Crippen LogP contribution in [0.2, 0.25) is 0 Å². The average molecular weight is 190 g/mol. The van der Waals surface area contributed by atoms with E-state index in [1.807, 2.05) is 6.26 Å². The molecular formula is C8H18N2OS. The van der Waals surface area contributed by atoms with E-state index >= 15 is 0 Å². The van der Waals surface area contributed by atoms with Gasteiger partial charge in [-0.3, -0.25) is 4.79 Å². The second kappa shape index (κ2) is 8.87. The Labute approximate surface area is 78.5 Å². The van der Waals surface area contributed by atoms with Gasteiger partial charge in [-0.05, 0) is 25.6 Å². The van der Waals surface area contributed by atoms with E-state index in [0.29, 0.717) is 13.0 Å². The van der Waals surface area contributed by atoms with Crippen LogP contribution in [0.3, 0.4) is 0 Å². The third-order valence-corrected chi connectivity index (χ3v) is 2.10. The monoisotopic (exact) mass is 190 g/mol. The van der Waals surface area contributed by atoms with Crippen molar-refractivity contribution in [3.05, 3.63) is 0 Å². The van der Waals surface area contributed by atoms with Gasteiger partial charge in [0.05, 0.1) is 0 Å². The highest BCUT2D eigenvalue weighted by Crippen LogP contribution is 1.93. The Morgan fingerprint density at radius 1 is 1.50 bits per heavy atom. The first-order valence-electron chi connectivity index (χ1n) is 4.27. The van der Waals surface area contributed by atoms with E-state index in [0.717, 1.165) is 25.1 Å². The molecule has 0 saturated carbocycles. The van der Waals surface area contributed by atoms with Gasteiger partial charge in [-0.2, -0.15) is 11.8 Å². The summed E-state index contributed by atoms with van der Waals surface area (Å²) >= 11 is 1.74. The zero-order valence-electron chi connectivity index (χ0n) is 7.64. The molecule has 4 heteroatoms. The van der Waals surface area contributed by atoms with Crippen LogP contribution in [0.5, 0.6) is 0 Å². The van der Waals surface area contributed by atoms with Crippen LogP contribution in [0.15, 0.2) is 0 Å².